The van der Waals surface area contributed by atoms with Crippen LogP contribution in [0.25, 0.3) is 11.3 Å². The van der Waals surface area contributed by atoms with Crippen molar-refractivity contribution in [3.8, 4) is 17.0 Å². The van der Waals surface area contributed by atoms with Gasteiger partial charge in [-0.25, -0.2) is 18.7 Å². The lowest BCUT2D eigenvalue weighted by Crippen LogP contribution is -2.11. The van der Waals surface area contributed by atoms with Gasteiger partial charge in [-0.05, 0) is 67.1 Å². The molecule has 3 aromatic carbocycles. The quantitative estimate of drug-likeness (QED) is 0.178. The fourth-order valence-electron chi connectivity index (χ4n) is 3.84. The summed E-state index contributed by atoms with van der Waals surface area (Å²) in [6.45, 7) is 2.25. The molecule has 0 N–H and O–H groups in total. The predicted octanol–water partition coefficient (Wildman–Crippen LogP) is 7.99. The maximum atomic E-state index is 13.3. The lowest BCUT2D eigenvalue weighted by molar-refractivity contribution is 0.415. The molecule has 0 aliphatic rings. The van der Waals surface area contributed by atoms with E-state index in [0.717, 1.165) is 28.3 Å². The number of ether oxygens (including phenoxy) is 1. The van der Waals surface area contributed by atoms with Gasteiger partial charge in [-0.3, -0.25) is 0 Å². The van der Waals surface area contributed by atoms with E-state index >= 15 is 0 Å². The van der Waals surface area contributed by atoms with Crippen LogP contribution in [0, 0.1) is 12.7 Å². The number of benzene rings is 3. The highest BCUT2D eigenvalue weighted by Crippen LogP contribution is 2.31. The van der Waals surface area contributed by atoms with Crippen LogP contribution in [0.4, 0.5) is 10.1 Å². The second-order valence-corrected chi connectivity index (χ2v) is 10.5. The lowest BCUT2D eigenvalue weighted by Gasteiger charge is -2.06. The van der Waals surface area contributed by atoms with E-state index in [1.807, 2.05) is 42.6 Å². The number of aryl methyl sites for hydroxylation is 1. The molecule has 0 aliphatic heterocycles. The van der Waals surface area contributed by atoms with Crippen LogP contribution < -0.4 is 9.54 Å². The van der Waals surface area contributed by atoms with Gasteiger partial charge in [-0.2, -0.15) is 10.2 Å². The van der Waals surface area contributed by atoms with Crippen LogP contribution in [0.5, 0.6) is 5.75 Å². The Hall–Kier alpha value is -3.43. The molecule has 198 valence electrons. The van der Waals surface area contributed by atoms with Gasteiger partial charge in [0.2, 0.25) is 4.80 Å². The molecule has 5 aromatic rings. The average Bonchev–Trinajstić information content (AvgIpc) is 3.43. The molecule has 0 saturated carbocycles. The number of aromatic nitrogens is 3. The van der Waals surface area contributed by atoms with Gasteiger partial charge in [0, 0.05) is 16.0 Å². The SMILES string of the molecule is COc1ccc(N=c2scc(-c3ccc(Cl)cc3Cl)n2/N=C\c2c(C)nn(Cc3ccc(F)cc3)c2Cl)cc1. The van der Waals surface area contributed by atoms with Gasteiger partial charge < -0.3 is 4.74 Å². The van der Waals surface area contributed by atoms with E-state index < -0.39 is 0 Å². The zero-order valence-corrected chi connectivity index (χ0v) is 23.9. The van der Waals surface area contributed by atoms with Crippen molar-refractivity contribution in [2.75, 3.05) is 7.11 Å². The largest absolute Gasteiger partial charge is 0.497 e. The van der Waals surface area contributed by atoms with Crippen molar-refractivity contribution in [1.82, 2.24) is 14.5 Å². The summed E-state index contributed by atoms with van der Waals surface area (Å²) < 4.78 is 21.9. The first-order valence-electron chi connectivity index (χ1n) is 11.7. The minimum Gasteiger partial charge on any atom is -0.497 e. The number of halogens is 4. The topological polar surface area (TPSA) is 56.7 Å². The first-order chi connectivity index (χ1) is 18.8. The van der Waals surface area contributed by atoms with E-state index in [0.29, 0.717) is 37.8 Å². The van der Waals surface area contributed by atoms with E-state index in [4.69, 9.17) is 49.6 Å². The molecule has 6 nitrogen and oxygen atoms in total. The lowest BCUT2D eigenvalue weighted by atomic mass is 10.2. The number of methoxy groups -OCH3 is 1. The molecular weight excluding hydrogens is 580 g/mol. The summed E-state index contributed by atoms with van der Waals surface area (Å²) in [6, 6.07) is 18.9. The van der Waals surface area contributed by atoms with Crippen LogP contribution in [0.15, 0.2) is 82.2 Å². The van der Waals surface area contributed by atoms with E-state index in [-0.39, 0.29) is 5.82 Å². The molecule has 0 saturated heterocycles. The van der Waals surface area contributed by atoms with E-state index in [1.54, 1.807) is 46.9 Å². The third kappa shape index (κ3) is 6.09. The number of hydrogen-bond donors (Lipinski definition) is 0. The Morgan fingerprint density at radius 2 is 1.77 bits per heavy atom. The minimum atomic E-state index is -0.297. The fraction of sp³-hybridized carbons (Fsp3) is 0.107. The molecule has 2 heterocycles. The second-order valence-electron chi connectivity index (χ2n) is 8.47. The Balaban J connectivity index is 1.57. The van der Waals surface area contributed by atoms with Crippen LogP contribution in [-0.4, -0.2) is 27.8 Å². The van der Waals surface area contributed by atoms with Crippen LogP contribution in [0.3, 0.4) is 0 Å². The summed E-state index contributed by atoms with van der Waals surface area (Å²) in [4.78, 5) is 5.41. The molecule has 11 heteroatoms. The third-order valence-electron chi connectivity index (χ3n) is 5.85. The summed E-state index contributed by atoms with van der Waals surface area (Å²) in [7, 11) is 1.62. The molecule has 0 aliphatic carbocycles. The van der Waals surface area contributed by atoms with Crippen molar-refractivity contribution < 1.29 is 9.13 Å². The maximum absolute atomic E-state index is 13.3. The minimum absolute atomic E-state index is 0.297. The Morgan fingerprint density at radius 1 is 1.03 bits per heavy atom. The highest BCUT2D eigenvalue weighted by Gasteiger charge is 2.15. The van der Waals surface area contributed by atoms with Crippen LogP contribution in [0.2, 0.25) is 15.2 Å². The van der Waals surface area contributed by atoms with Crippen molar-refractivity contribution >= 4 is 58.0 Å². The van der Waals surface area contributed by atoms with Crippen LogP contribution in [0.1, 0.15) is 16.8 Å². The van der Waals surface area contributed by atoms with Crippen molar-refractivity contribution in [1.29, 1.82) is 0 Å². The van der Waals surface area contributed by atoms with Crippen LogP contribution >= 0.6 is 46.1 Å². The van der Waals surface area contributed by atoms with Crippen molar-refractivity contribution in [2.45, 2.75) is 13.5 Å². The molecule has 0 amide bonds. The number of hydrogen-bond acceptors (Lipinski definition) is 5. The summed E-state index contributed by atoms with van der Waals surface area (Å²) in [5.41, 5.74) is 4.44. The molecule has 5 rings (SSSR count). The van der Waals surface area contributed by atoms with Gasteiger partial charge in [0.1, 0.15) is 16.7 Å². The molecule has 0 atom stereocenters. The summed E-state index contributed by atoms with van der Waals surface area (Å²) in [6.07, 6.45) is 1.65. The normalized spacial score (nSPS) is 12.0. The second kappa shape index (κ2) is 11.8. The van der Waals surface area contributed by atoms with E-state index in [1.165, 1.54) is 23.5 Å². The van der Waals surface area contributed by atoms with Gasteiger partial charge in [0.25, 0.3) is 0 Å². The highest BCUT2D eigenvalue weighted by molar-refractivity contribution is 7.07. The van der Waals surface area contributed by atoms with Crippen molar-refractivity contribution in [3.05, 3.63) is 115 Å². The molecule has 2 aromatic heterocycles. The molecule has 0 fully saturated rings. The molecule has 0 spiro atoms. The smallest absolute Gasteiger partial charge is 0.211 e. The average molecular weight is 601 g/mol. The van der Waals surface area contributed by atoms with Crippen molar-refractivity contribution in [2.24, 2.45) is 10.1 Å². The molecule has 39 heavy (non-hydrogen) atoms. The van der Waals surface area contributed by atoms with E-state index in [2.05, 4.69) is 5.10 Å². The maximum Gasteiger partial charge on any atom is 0.211 e. The molecule has 0 bridgehead atoms. The molecular formula is C28H21Cl3FN5OS. The third-order valence-corrected chi connectivity index (χ3v) is 7.61. The van der Waals surface area contributed by atoms with Gasteiger partial charge in [0.15, 0.2) is 0 Å². The van der Waals surface area contributed by atoms with Gasteiger partial charge in [-0.1, -0.05) is 46.9 Å². The van der Waals surface area contributed by atoms with Crippen LogP contribution in [-0.2, 0) is 6.54 Å². The Bertz CT molecular complexity index is 1720. The summed E-state index contributed by atoms with van der Waals surface area (Å²) >= 11 is 20.8. The zero-order chi connectivity index (χ0) is 27.5. The highest BCUT2D eigenvalue weighted by atomic mass is 35.5. The number of thiazole rings is 1. The Kier molecular flexibility index (Phi) is 8.18. The zero-order valence-electron chi connectivity index (χ0n) is 20.8. The molecule has 0 radical (unpaired) electrons. The molecule has 0 unspecified atom stereocenters. The number of nitrogens with zero attached hydrogens (tertiary/aromatic N) is 5. The Labute approximate surface area is 243 Å². The standard InChI is InChI=1S/C28H21Cl3FN5OS/c1-17-24(27(31)36(35-17)15-18-3-6-20(32)7-4-18)14-33-37-26(23-12-5-19(29)13-25(23)30)16-39-28(37)34-21-8-10-22(38-2)11-9-21/h3-14,16H,15H2,1-2H3/b33-14-,34-28?. The van der Waals surface area contributed by atoms with Crippen molar-refractivity contribution in [3.63, 3.8) is 0 Å². The van der Waals surface area contributed by atoms with Gasteiger partial charge in [-0.15, -0.1) is 11.3 Å². The number of rotatable bonds is 7. The summed E-state index contributed by atoms with van der Waals surface area (Å²) in [5.74, 6) is 0.442. The first-order valence-corrected chi connectivity index (χ1v) is 13.7. The van der Waals surface area contributed by atoms with E-state index in [9.17, 15) is 4.39 Å². The van der Waals surface area contributed by atoms with Gasteiger partial charge in [0.05, 0.1) is 47.5 Å². The monoisotopic (exact) mass is 599 g/mol. The summed E-state index contributed by atoms with van der Waals surface area (Å²) in [5, 5.41) is 12.7. The fourth-order valence-corrected chi connectivity index (χ4v) is 5.47. The Morgan fingerprint density at radius 3 is 2.46 bits per heavy atom. The van der Waals surface area contributed by atoms with Gasteiger partial charge >= 0.3 is 0 Å². The predicted molar refractivity (Wildman–Crippen MR) is 156 cm³/mol. The first kappa shape index (κ1) is 27.1.